The first kappa shape index (κ1) is 23.4. The van der Waals surface area contributed by atoms with Crippen molar-refractivity contribution in [1.29, 1.82) is 0 Å². The van der Waals surface area contributed by atoms with Gasteiger partial charge in [-0.2, -0.15) is 5.10 Å². The summed E-state index contributed by atoms with van der Waals surface area (Å²) in [5, 5.41) is 7.28. The number of methoxy groups -OCH3 is 1. The summed E-state index contributed by atoms with van der Waals surface area (Å²) in [5.74, 6) is -0.243. The van der Waals surface area contributed by atoms with E-state index in [2.05, 4.69) is 5.10 Å². The molecule has 0 saturated carbocycles. The molecule has 0 bridgehead atoms. The molecule has 3 heterocycles. The first-order valence-electron chi connectivity index (χ1n) is 10.9. The van der Waals surface area contributed by atoms with E-state index in [0.717, 1.165) is 33.1 Å². The summed E-state index contributed by atoms with van der Waals surface area (Å²) in [4.78, 5) is 25.5. The van der Waals surface area contributed by atoms with Gasteiger partial charge < -0.3 is 9.30 Å². The molecule has 0 aliphatic rings. The van der Waals surface area contributed by atoms with Crippen LogP contribution >= 0.6 is 23.2 Å². The molecule has 5 aromatic rings. The predicted octanol–water partition coefficient (Wildman–Crippen LogP) is 5.46. The van der Waals surface area contributed by atoms with E-state index < -0.39 is 0 Å². The SMILES string of the molecule is COCC(=O)n1cc(C)c(-c2ccc3c(c2)c2cc(-c4ccc(Cl)cc4Cl)c(=O)n(C)c2n3C)n1. The molecule has 0 N–H and O–H groups in total. The fourth-order valence-corrected chi connectivity index (χ4v) is 5.11. The van der Waals surface area contributed by atoms with Gasteiger partial charge in [-0.25, -0.2) is 4.68 Å². The zero-order valence-corrected chi connectivity index (χ0v) is 21.1. The molecule has 0 spiro atoms. The van der Waals surface area contributed by atoms with Crippen molar-refractivity contribution < 1.29 is 9.53 Å². The van der Waals surface area contributed by atoms with Crippen molar-refractivity contribution in [1.82, 2.24) is 18.9 Å². The molecule has 35 heavy (non-hydrogen) atoms. The second-order valence-corrected chi connectivity index (χ2v) is 9.35. The van der Waals surface area contributed by atoms with E-state index in [0.29, 0.717) is 26.9 Å². The summed E-state index contributed by atoms with van der Waals surface area (Å²) in [7, 11) is 5.16. The Kier molecular flexibility index (Phi) is 5.79. The molecule has 0 fully saturated rings. The lowest BCUT2D eigenvalue weighted by Crippen LogP contribution is -2.20. The van der Waals surface area contributed by atoms with Gasteiger partial charge in [0.15, 0.2) is 0 Å². The number of carbonyl (C=O) groups excluding carboxylic acids is 1. The molecule has 7 nitrogen and oxygen atoms in total. The minimum atomic E-state index is -0.243. The highest BCUT2D eigenvalue weighted by molar-refractivity contribution is 6.36. The Balaban J connectivity index is 1.75. The maximum atomic E-state index is 13.3. The van der Waals surface area contributed by atoms with Crippen molar-refractivity contribution in [2.24, 2.45) is 14.1 Å². The van der Waals surface area contributed by atoms with Gasteiger partial charge in [0.25, 0.3) is 11.5 Å². The van der Waals surface area contributed by atoms with Gasteiger partial charge in [0.2, 0.25) is 0 Å². The molecule has 0 amide bonds. The number of hydrogen-bond donors (Lipinski definition) is 0. The number of pyridine rings is 1. The Labute approximate surface area is 211 Å². The monoisotopic (exact) mass is 508 g/mol. The van der Waals surface area contributed by atoms with E-state index in [1.54, 1.807) is 36.0 Å². The summed E-state index contributed by atoms with van der Waals surface area (Å²) in [6.45, 7) is 1.86. The van der Waals surface area contributed by atoms with Gasteiger partial charge in [0, 0.05) is 59.9 Å². The van der Waals surface area contributed by atoms with Crippen molar-refractivity contribution in [2.45, 2.75) is 6.92 Å². The average molecular weight is 509 g/mol. The van der Waals surface area contributed by atoms with Gasteiger partial charge >= 0.3 is 0 Å². The number of halogens is 2. The van der Waals surface area contributed by atoms with Crippen molar-refractivity contribution >= 4 is 51.0 Å². The molecule has 5 rings (SSSR count). The lowest BCUT2D eigenvalue weighted by molar-refractivity contribution is 0.0745. The highest BCUT2D eigenvalue weighted by Gasteiger charge is 2.19. The first-order valence-corrected chi connectivity index (χ1v) is 11.6. The molecule has 0 radical (unpaired) electrons. The number of aryl methyl sites for hydroxylation is 3. The van der Waals surface area contributed by atoms with Crippen LogP contribution in [0.15, 0.2) is 53.5 Å². The third kappa shape index (κ3) is 3.76. The van der Waals surface area contributed by atoms with Gasteiger partial charge in [-0.05, 0) is 42.8 Å². The molecule has 0 saturated heterocycles. The van der Waals surface area contributed by atoms with E-state index in [1.807, 2.05) is 42.8 Å². The van der Waals surface area contributed by atoms with Crippen molar-refractivity contribution in [3.63, 3.8) is 0 Å². The maximum Gasteiger partial charge on any atom is 0.272 e. The molecular formula is C26H22Cl2N4O3. The Morgan fingerprint density at radius 3 is 2.49 bits per heavy atom. The minimum absolute atomic E-state index is 0.0486. The van der Waals surface area contributed by atoms with Crippen molar-refractivity contribution in [3.05, 3.63) is 74.6 Å². The zero-order valence-electron chi connectivity index (χ0n) is 19.6. The van der Waals surface area contributed by atoms with Gasteiger partial charge in [-0.1, -0.05) is 35.3 Å². The second-order valence-electron chi connectivity index (χ2n) is 8.51. The molecule has 9 heteroatoms. The summed E-state index contributed by atoms with van der Waals surface area (Å²) in [6, 6.07) is 13.0. The lowest BCUT2D eigenvalue weighted by Gasteiger charge is -2.09. The predicted molar refractivity (Wildman–Crippen MR) is 140 cm³/mol. The van der Waals surface area contributed by atoms with Gasteiger partial charge in [0.1, 0.15) is 12.3 Å². The summed E-state index contributed by atoms with van der Waals surface area (Å²) >= 11 is 12.5. The normalized spacial score (nSPS) is 11.6. The number of hydrogen-bond acceptors (Lipinski definition) is 4. The average Bonchev–Trinajstić information content (AvgIpc) is 3.34. The van der Waals surface area contributed by atoms with E-state index in [9.17, 15) is 9.59 Å². The Morgan fingerprint density at radius 2 is 1.77 bits per heavy atom. The number of nitrogens with zero attached hydrogens (tertiary/aromatic N) is 4. The topological polar surface area (TPSA) is 71.0 Å². The van der Waals surface area contributed by atoms with Crippen LogP contribution in [-0.2, 0) is 18.8 Å². The minimum Gasteiger partial charge on any atom is -0.375 e. The standard InChI is InChI=1S/C26H22Cl2N4O3/c1-14-12-32(23(33)13-35-4)29-24(14)15-5-8-22-18(9-15)19-11-20(17-7-6-16(27)10-21(17)28)26(34)31(3)25(19)30(22)2/h5-12H,13H2,1-4H3. The molecule has 0 unspecified atom stereocenters. The number of aromatic nitrogens is 4. The number of carbonyl (C=O) groups is 1. The third-order valence-corrected chi connectivity index (χ3v) is 6.81. The van der Waals surface area contributed by atoms with Crippen molar-refractivity contribution in [3.8, 4) is 22.4 Å². The maximum absolute atomic E-state index is 13.3. The molecule has 0 atom stereocenters. The highest BCUT2D eigenvalue weighted by atomic mass is 35.5. The Morgan fingerprint density at radius 1 is 1.00 bits per heavy atom. The molecule has 0 aliphatic heterocycles. The summed E-state index contributed by atoms with van der Waals surface area (Å²) < 4.78 is 9.89. The Hall–Kier alpha value is -3.39. The molecule has 0 aliphatic carbocycles. The van der Waals surface area contributed by atoms with Crippen LogP contribution in [0.3, 0.4) is 0 Å². The summed E-state index contributed by atoms with van der Waals surface area (Å²) in [5.41, 5.74) is 5.15. The van der Waals surface area contributed by atoms with Crippen LogP contribution in [0.1, 0.15) is 10.4 Å². The molecule has 3 aromatic heterocycles. The van der Waals surface area contributed by atoms with Crippen LogP contribution in [0, 0.1) is 6.92 Å². The van der Waals surface area contributed by atoms with Crippen LogP contribution in [-0.4, -0.2) is 38.5 Å². The molecular weight excluding hydrogens is 487 g/mol. The van der Waals surface area contributed by atoms with E-state index >= 15 is 0 Å². The number of fused-ring (bicyclic) bond motifs is 3. The smallest absolute Gasteiger partial charge is 0.272 e. The van der Waals surface area contributed by atoms with Crippen LogP contribution < -0.4 is 5.56 Å². The largest absolute Gasteiger partial charge is 0.375 e. The van der Waals surface area contributed by atoms with E-state index in [1.165, 1.54) is 11.8 Å². The first-order chi connectivity index (χ1) is 16.7. The van der Waals surface area contributed by atoms with E-state index in [-0.39, 0.29) is 18.1 Å². The molecule has 178 valence electrons. The molecule has 2 aromatic carbocycles. The van der Waals surface area contributed by atoms with Gasteiger partial charge in [0.05, 0.1) is 16.2 Å². The highest BCUT2D eigenvalue weighted by Crippen LogP contribution is 2.35. The van der Waals surface area contributed by atoms with Crippen LogP contribution in [0.2, 0.25) is 10.0 Å². The van der Waals surface area contributed by atoms with E-state index in [4.69, 9.17) is 27.9 Å². The van der Waals surface area contributed by atoms with Crippen LogP contribution in [0.25, 0.3) is 44.3 Å². The zero-order chi connectivity index (χ0) is 25.0. The number of ether oxygens (including phenoxy) is 1. The van der Waals surface area contributed by atoms with Gasteiger partial charge in [-0.15, -0.1) is 0 Å². The number of benzene rings is 2. The summed E-state index contributed by atoms with van der Waals surface area (Å²) in [6.07, 6.45) is 1.70. The van der Waals surface area contributed by atoms with Crippen molar-refractivity contribution in [2.75, 3.05) is 13.7 Å². The van der Waals surface area contributed by atoms with Gasteiger partial charge in [-0.3, -0.25) is 14.2 Å². The third-order valence-electron chi connectivity index (χ3n) is 6.26. The Bertz CT molecular complexity index is 1710. The lowest BCUT2D eigenvalue weighted by atomic mass is 10.0. The quantitative estimate of drug-likeness (QED) is 0.323. The van der Waals surface area contributed by atoms with Crippen LogP contribution in [0.5, 0.6) is 0 Å². The number of rotatable bonds is 4. The fraction of sp³-hybridized carbons (Fsp3) is 0.192. The fourth-order valence-electron chi connectivity index (χ4n) is 4.60. The second kappa shape index (κ2) is 8.68. The van der Waals surface area contributed by atoms with Crippen LogP contribution in [0.4, 0.5) is 0 Å².